The van der Waals surface area contributed by atoms with Gasteiger partial charge in [0.05, 0.1) is 24.4 Å². The summed E-state index contributed by atoms with van der Waals surface area (Å²) in [6.07, 6.45) is 1.39. The van der Waals surface area contributed by atoms with Crippen LogP contribution in [0.4, 0.5) is 4.39 Å². The minimum Gasteiger partial charge on any atom is -0.497 e. The van der Waals surface area contributed by atoms with Gasteiger partial charge in [-0.25, -0.2) is 9.37 Å². The number of aromatic nitrogens is 2. The van der Waals surface area contributed by atoms with Gasteiger partial charge in [0.25, 0.3) is 0 Å². The highest BCUT2D eigenvalue weighted by Gasteiger charge is 2.14. The van der Waals surface area contributed by atoms with Gasteiger partial charge in [-0.15, -0.1) is 11.6 Å². The first kappa shape index (κ1) is 12.9. The lowest BCUT2D eigenvalue weighted by molar-refractivity contribution is 0.415. The van der Waals surface area contributed by atoms with E-state index in [9.17, 15) is 4.39 Å². The maximum Gasteiger partial charge on any atom is 0.139 e. The minimum atomic E-state index is -0.321. The predicted octanol–water partition coefficient (Wildman–Crippen LogP) is 3.89. The quantitative estimate of drug-likeness (QED) is 0.684. The fraction of sp³-hybridized carbons (Fsp3) is 0.133. The molecule has 0 aliphatic carbocycles. The number of ether oxygens (including phenoxy) is 1. The van der Waals surface area contributed by atoms with Gasteiger partial charge in [-0.2, -0.15) is 0 Å². The molecule has 0 fully saturated rings. The van der Waals surface area contributed by atoms with Crippen LogP contribution in [0.1, 0.15) is 5.69 Å². The van der Waals surface area contributed by atoms with Crippen molar-refractivity contribution >= 4 is 17.2 Å². The number of alkyl halides is 1. The van der Waals surface area contributed by atoms with Crippen molar-refractivity contribution in [1.82, 2.24) is 9.38 Å². The lowest BCUT2D eigenvalue weighted by Crippen LogP contribution is -1.92. The molecular formula is C15H12ClFN2O. The Labute approximate surface area is 120 Å². The number of benzene rings is 1. The van der Waals surface area contributed by atoms with Gasteiger partial charge >= 0.3 is 0 Å². The molecule has 3 nitrogen and oxygen atoms in total. The molecule has 0 bridgehead atoms. The summed E-state index contributed by atoms with van der Waals surface area (Å²) < 4.78 is 20.3. The Bertz CT molecular complexity index is 770. The fourth-order valence-corrected chi connectivity index (χ4v) is 2.45. The van der Waals surface area contributed by atoms with Gasteiger partial charge in [0, 0.05) is 11.8 Å². The van der Waals surface area contributed by atoms with Gasteiger partial charge in [0.1, 0.15) is 17.2 Å². The maximum atomic E-state index is 13.4. The highest BCUT2D eigenvalue weighted by molar-refractivity contribution is 6.17. The average Bonchev–Trinajstić information content (AvgIpc) is 2.85. The lowest BCUT2D eigenvalue weighted by atomic mass is 10.1. The van der Waals surface area contributed by atoms with Gasteiger partial charge in [0.2, 0.25) is 0 Å². The molecule has 2 aromatic heterocycles. The molecular weight excluding hydrogens is 279 g/mol. The van der Waals surface area contributed by atoms with Crippen molar-refractivity contribution in [3.05, 3.63) is 54.1 Å². The zero-order valence-corrected chi connectivity index (χ0v) is 11.6. The van der Waals surface area contributed by atoms with Crippen molar-refractivity contribution in [2.45, 2.75) is 5.88 Å². The van der Waals surface area contributed by atoms with E-state index in [4.69, 9.17) is 16.3 Å². The Hall–Kier alpha value is -2.07. The summed E-state index contributed by atoms with van der Waals surface area (Å²) in [7, 11) is 1.61. The number of halogens is 2. The third kappa shape index (κ3) is 2.12. The summed E-state index contributed by atoms with van der Waals surface area (Å²) in [5.74, 6) is 0.668. The van der Waals surface area contributed by atoms with Crippen molar-refractivity contribution in [1.29, 1.82) is 0 Å². The highest BCUT2D eigenvalue weighted by atomic mass is 35.5. The molecule has 0 saturated carbocycles. The normalized spacial score (nSPS) is 10.9. The summed E-state index contributed by atoms with van der Waals surface area (Å²) in [5, 5.41) is 0. The van der Waals surface area contributed by atoms with Crippen molar-refractivity contribution in [3.63, 3.8) is 0 Å². The second-order valence-electron chi connectivity index (χ2n) is 4.35. The van der Waals surface area contributed by atoms with Crippen molar-refractivity contribution < 1.29 is 9.13 Å². The van der Waals surface area contributed by atoms with E-state index in [1.807, 2.05) is 24.3 Å². The molecule has 2 heterocycles. The highest BCUT2D eigenvalue weighted by Crippen LogP contribution is 2.28. The SMILES string of the molecule is COc1cccc(-c2nc3ccc(F)cn3c2CCl)c1. The van der Waals surface area contributed by atoms with Crippen LogP contribution in [0.15, 0.2) is 42.6 Å². The molecule has 1 aromatic carbocycles. The van der Waals surface area contributed by atoms with E-state index < -0.39 is 0 Å². The molecule has 102 valence electrons. The van der Waals surface area contributed by atoms with E-state index in [0.29, 0.717) is 5.65 Å². The molecule has 0 N–H and O–H groups in total. The minimum absolute atomic E-state index is 0.247. The number of imidazole rings is 1. The molecule has 20 heavy (non-hydrogen) atoms. The summed E-state index contributed by atoms with van der Waals surface area (Å²) >= 11 is 6.01. The monoisotopic (exact) mass is 290 g/mol. The van der Waals surface area contributed by atoms with Crippen molar-refractivity contribution in [2.24, 2.45) is 0 Å². The molecule has 5 heteroatoms. The van der Waals surface area contributed by atoms with Gasteiger partial charge < -0.3 is 4.74 Å². The Morgan fingerprint density at radius 3 is 2.90 bits per heavy atom. The maximum absolute atomic E-state index is 13.4. The number of methoxy groups -OCH3 is 1. The molecule has 3 aromatic rings. The fourth-order valence-electron chi connectivity index (χ4n) is 2.20. The first-order valence-electron chi connectivity index (χ1n) is 6.10. The molecule has 0 spiro atoms. The number of hydrogen-bond acceptors (Lipinski definition) is 2. The Balaban J connectivity index is 2.24. The first-order chi connectivity index (χ1) is 9.72. The smallest absolute Gasteiger partial charge is 0.139 e. The van der Waals surface area contributed by atoms with Crippen LogP contribution < -0.4 is 4.74 Å². The Kier molecular flexibility index (Phi) is 3.32. The third-order valence-electron chi connectivity index (χ3n) is 3.15. The lowest BCUT2D eigenvalue weighted by Gasteiger charge is -2.04. The van der Waals surface area contributed by atoms with E-state index in [0.717, 1.165) is 22.7 Å². The molecule has 3 rings (SSSR count). The second kappa shape index (κ2) is 5.13. The largest absolute Gasteiger partial charge is 0.497 e. The van der Waals surface area contributed by atoms with Crippen LogP contribution in [0, 0.1) is 5.82 Å². The zero-order chi connectivity index (χ0) is 14.1. The van der Waals surface area contributed by atoms with Crippen LogP contribution in [0.2, 0.25) is 0 Å². The summed E-state index contributed by atoms with van der Waals surface area (Å²) in [4.78, 5) is 4.53. The average molecular weight is 291 g/mol. The van der Waals surface area contributed by atoms with Gasteiger partial charge in [-0.1, -0.05) is 12.1 Å². The van der Waals surface area contributed by atoms with Crippen LogP contribution in [0.25, 0.3) is 16.9 Å². The molecule has 0 aliphatic heterocycles. The second-order valence-corrected chi connectivity index (χ2v) is 4.62. The van der Waals surface area contributed by atoms with E-state index in [1.54, 1.807) is 17.6 Å². The van der Waals surface area contributed by atoms with Gasteiger partial charge in [-0.05, 0) is 24.3 Å². The standard InChI is InChI=1S/C15H12ClFN2O/c1-20-12-4-2-3-10(7-12)15-13(8-16)19-9-11(17)5-6-14(19)18-15/h2-7,9H,8H2,1H3. The summed E-state index contributed by atoms with van der Waals surface area (Å²) in [6, 6.07) is 10.6. The molecule has 0 amide bonds. The molecule has 0 saturated heterocycles. The van der Waals surface area contributed by atoms with Crippen LogP contribution in [0.3, 0.4) is 0 Å². The van der Waals surface area contributed by atoms with E-state index in [-0.39, 0.29) is 11.7 Å². The first-order valence-corrected chi connectivity index (χ1v) is 6.63. The van der Waals surface area contributed by atoms with Gasteiger partial charge in [-0.3, -0.25) is 4.40 Å². The van der Waals surface area contributed by atoms with Crippen LogP contribution in [-0.4, -0.2) is 16.5 Å². The number of hydrogen-bond donors (Lipinski definition) is 0. The predicted molar refractivity (Wildman–Crippen MR) is 76.7 cm³/mol. The Morgan fingerprint density at radius 1 is 1.30 bits per heavy atom. The number of rotatable bonds is 3. The molecule has 0 aliphatic rings. The van der Waals surface area contributed by atoms with Crippen LogP contribution in [0.5, 0.6) is 5.75 Å². The van der Waals surface area contributed by atoms with E-state index in [2.05, 4.69) is 4.98 Å². The zero-order valence-electron chi connectivity index (χ0n) is 10.8. The third-order valence-corrected chi connectivity index (χ3v) is 3.40. The summed E-state index contributed by atoms with van der Waals surface area (Å²) in [6.45, 7) is 0. The van der Waals surface area contributed by atoms with Crippen molar-refractivity contribution in [2.75, 3.05) is 7.11 Å². The summed E-state index contributed by atoms with van der Waals surface area (Å²) in [5.41, 5.74) is 3.06. The van der Waals surface area contributed by atoms with E-state index in [1.165, 1.54) is 12.3 Å². The molecule has 0 radical (unpaired) electrons. The van der Waals surface area contributed by atoms with Gasteiger partial charge in [0.15, 0.2) is 0 Å². The van der Waals surface area contributed by atoms with E-state index >= 15 is 0 Å². The molecule has 0 unspecified atom stereocenters. The van der Waals surface area contributed by atoms with Crippen LogP contribution >= 0.6 is 11.6 Å². The number of pyridine rings is 1. The topological polar surface area (TPSA) is 26.5 Å². The van der Waals surface area contributed by atoms with Crippen molar-refractivity contribution in [3.8, 4) is 17.0 Å². The molecule has 0 atom stereocenters. The Morgan fingerprint density at radius 2 is 2.15 bits per heavy atom. The van der Waals surface area contributed by atoms with Crippen LogP contribution in [-0.2, 0) is 5.88 Å². The number of nitrogens with zero attached hydrogens (tertiary/aromatic N) is 2. The number of fused-ring (bicyclic) bond motifs is 1.